The molecule has 21 heavy (non-hydrogen) atoms. The van der Waals surface area contributed by atoms with Gasteiger partial charge in [-0.3, -0.25) is 4.79 Å². The molecule has 0 bridgehead atoms. The highest BCUT2D eigenvalue weighted by Crippen LogP contribution is 2.35. The van der Waals surface area contributed by atoms with Gasteiger partial charge in [0.15, 0.2) is 0 Å². The zero-order valence-corrected chi connectivity index (χ0v) is 14.7. The summed E-state index contributed by atoms with van der Waals surface area (Å²) < 4.78 is 5.49. The predicted octanol–water partition coefficient (Wildman–Crippen LogP) is 4.25. The first-order valence-corrected chi connectivity index (χ1v) is 7.61. The number of carbonyl (C=O) groups excluding carboxylic acids is 1. The van der Waals surface area contributed by atoms with Gasteiger partial charge in [-0.25, -0.2) is 0 Å². The van der Waals surface area contributed by atoms with Gasteiger partial charge >= 0.3 is 0 Å². The molecule has 0 saturated heterocycles. The lowest BCUT2D eigenvalue weighted by molar-refractivity contribution is 0.0640. The van der Waals surface area contributed by atoms with Crippen molar-refractivity contribution in [1.29, 1.82) is 0 Å². The van der Waals surface area contributed by atoms with Crippen molar-refractivity contribution in [3.8, 4) is 5.75 Å². The van der Waals surface area contributed by atoms with E-state index in [1.54, 1.807) is 7.11 Å². The minimum Gasteiger partial charge on any atom is -0.496 e. The Labute approximate surface area is 129 Å². The molecule has 1 rings (SSSR count). The second-order valence-corrected chi connectivity index (χ2v) is 7.03. The fraction of sp³-hybridized carbons (Fsp3) is 0.611. The van der Waals surface area contributed by atoms with E-state index in [4.69, 9.17) is 4.74 Å². The quantitative estimate of drug-likeness (QED) is 0.830. The fourth-order valence-electron chi connectivity index (χ4n) is 2.86. The third-order valence-corrected chi connectivity index (χ3v) is 3.57. The largest absolute Gasteiger partial charge is 0.496 e. The molecule has 0 aliphatic carbocycles. The number of ether oxygens (including phenoxy) is 1. The Morgan fingerprint density at radius 3 is 2.00 bits per heavy atom. The number of nitrogens with zero attached hydrogens (tertiary/aromatic N) is 1. The van der Waals surface area contributed by atoms with Crippen LogP contribution in [0.1, 0.15) is 64.4 Å². The van der Waals surface area contributed by atoms with Crippen LogP contribution in [0.5, 0.6) is 5.75 Å². The first kappa shape index (κ1) is 17.5. The van der Waals surface area contributed by atoms with E-state index in [0.717, 1.165) is 16.9 Å². The van der Waals surface area contributed by atoms with Crippen molar-refractivity contribution in [3.05, 3.63) is 29.3 Å². The van der Waals surface area contributed by atoms with Crippen LogP contribution < -0.4 is 4.74 Å². The highest BCUT2D eigenvalue weighted by molar-refractivity contribution is 5.97. The van der Waals surface area contributed by atoms with Crippen LogP contribution in [0.4, 0.5) is 0 Å². The first-order chi connectivity index (χ1) is 9.61. The summed E-state index contributed by atoms with van der Waals surface area (Å²) in [4.78, 5) is 15.0. The van der Waals surface area contributed by atoms with Crippen LogP contribution >= 0.6 is 0 Å². The van der Waals surface area contributed by atoms with E-state index in [9.17, 15) is 4.79 Å². The second kappa shape index (κ2) is 6.50. The Hall–Kier alpha value is -1.51. The Balaban J connectivity index is 3.46. The molecular weight excluding hydrogens is 262 g/mol. The molecule has 0 atom stereocenters. The maximum Gasteiger partial charge on any atom is 0.254 e. The zero-order valence-electron chi connectivity index (χ0n) is 14.7. The van der Waals surface area contributed by atoms with Crippen molar-refractivity contribution in [2.75, 3.05) is 7.11 Å². The molecule has 3 heteroatoms. The van der Waals surface area contributed by atoms with Crippen molar-refractivity contribution in [2.24, 2.45) is 0 Å². The molecule has 0 heterocycles. The third kappa shape index (κ3) is 3.78. The molecule has 3 nitrogen and oxygen atoms in total. The van der Waals surface area contributed by atoms with Gasteiger partial charge in [0.05, 0.1) is 7.11 Å². The number of benzene rings is 1. The first-order valence-electron chi connectivity index (χ1n) is 7.61. The summed E-state index contributed by atoms with van der Waals surface area (Å²) in [7, 11) is 1.65. The van der Waals surface area contributed by atoms with E-state index in [1.165, 1.54) is 0 Å². The van der Waals surface area contributed by atoms with E-state index >= 15 is 0 Å². The molecule has 0 spiro atoms. The summed E-state index contributed by atoms with van der Waals surface area (Å²) in [5, 5.41) is 0. The van der Waals surface area contributed by atoms with Crippen LogP contribution in [-0.4, -0.2) is 30.0 Å². The Morgan fingerprint density at radius 2 is 1.62 bits per heavy atom. The van der Waals surface area contributed by atoms with Gasteiger partial charge in [0.1, 0.15) is 5.75 Å². The summed E-state index contributed by atoms with van der Waals surface area (Å²) in [5.74, 6) is 0.852. The molecular formula is C18H29NO2. The van der Waals surface area contributed by atoms with Gasteiger partial charge in [0, 0.05) is 23.2 Å². The van der Waals surface area contributed by atoms with Crippen molar-refractivity contribution in [2.45, 2.75) is 66.0 Å². The predicted molar refractivity (Wildman–Crippen MR) is 88.1 cm³/mol. The van der Waals surface area contributed by atoms with Crippen molar-refractivity contribution in [3.63, 3.8) is 0 Å². The molecule has 1 amide bonds. The van der Waals surface area contributed by atoms with E-state index in [0.29, 0.717) is 0 Å². The third-order valence-electron chi connectivity index (χ3n) is 3.57. The zero-order chi connectivity index (χ0) is 16.4. The number of carbonyl (C=O) groups is 1. The van der Waals surface area contributed by atoms with Gasteiger partial charge in [0.2, 0.25) is 0 Å². The Morgan fingerprint density at radius 1 is 1.10 bits per heavy atom. The molecule has 1 aromatic rings. The second-order valence-electron chi connectivity index (χ2n) is 7.03. The summed E-state index contributed by atoms with van der Waals surface area (Å²) in [5.41, 5.74) is 1.56. The molecule has 0 N–H and O–H groups in total. The fourth-order valence-corrected chi connectivity index (χ4v) is 2.86. The molecule has 1 aromatic carbocycles. The van der Waals surface area contributed by atoms with Crippen LogP contribution in [0.25, 0.3) is 0 Å². The van der Waals surface area contributed by atoms with Crippen LogP contribution in [0.2, 0.25) is 0 Å². The minimum atomic E-state index is -0.156. The maximum atomic E-state index is 13.0. The van der Waals surface area contributed by atoms with Gasteiger partial charge in [-0.1, -0.05) is 26.8 Å². The molecule has 0 saturated carbocycles. The molecule has 0 aromatic heterocycles. The number of methoxy groups -OCH3 is 1. The van der Waals surface area contributed by atoms with Gasteiger partial charge in [-0.05, 0) is 45.2 Å². The lowest BCUT2D eigenvalue weighted by Crippen LogP contribution is -2.42. The number of hydrogen-bond donors (Lipinski definition) is 0. The molecule has 0 aliphatic rings. The van der Waals surface area contributed by atoms with Crippen LogP contribution in [0, 0.1) is 0 Å². The average Bonchev–Trinajstić information content (AvgIpc) is 2.35. The van der Waals surface area contributed by atoms with Crippen molar-refractivity contribution < 1.29 is 9.53 Å². The van der Waals surface area contributed by atoms with E-state index in [-0.39, 0.29) is 23.4 Å². The van der Waals surface area contributed by atoms with E-state index in [2.05, 4.69) is 48.5 Å². The SMILES string of the molecule is COc1cccc(C(=O)N(C(C)C)C(C)C)c1C(C)(C)C. The smallest absolute Gasteiger partial charge is 0.254 e. The van der Waals surface area contributed by atoms with Gasteiger partial charge in [-0.2, -0.15) is 0 Å². The van der Waals surface area contributed by atoms with Crippen molar-refractivity contribution >= 4 is 5.91 Å². The Bertz CT molecular complexity index is 490. The molecule has 118 valence electrons. The normalized spacial score (nSPS) is 11.9. The lowest BCUT2D eigenvalue weighted by atomic mass is 9.82. The minimum absolute atomic E-state index is 0.0730. The van der Waals surface area contributed by atoms with Crippen molar-refractivity contribution in [1.82, 2.24) is 4.90 Å². The van der Waals surface area contributed by atoms with E-state index in [1.807, 2.05) is 23.1 Å². The van der Waals surface area contributed by atoms with Crippen LogP contribution in [0.3, 0.4) is 0 Å². The summed E-state index contributed by atoms with van der Waals surface area (Å²) in [6.45, 7) is 14.5. The molecule has 0 radical (unpaired) electrons. The number of amides is 1. The van der Waals surface area contributed by atoms with Gasteiger partial charge in [-0.15, -0.1) is 0 Å². The molecule has 0 fully saturated rings. The summed E-state index contributed by atoms with van der Waals surface area (Å²) in [6, 6.07) is 6.04. The standard InChI is InChI=1S/C18H29NO2/c1-12(2)19(13(3)4)17(20)14-10-9-11-15(21-8)16(14)18(5,6)7/h9-13H,1-8H3. The average molecular weight is 291 g/mol. The summed E-state index contributed by atoms with van der Waals surface area (Å²) >= 11 is 0. The monoisotopic (exact) mass is 291 g/mol. The highest BCUT2D eigenvalue weighted by atomic mass is 16.5. The number of rotatable bonds is 4. The van der Waals surface area contributed by atoms with E-state index < -0.39 is 0 Å². The van der Waals surface area contributed by atoms with Gasteiger partial charge in [0.25, 0.3) is 5.91 Å². The van der Waals surface area contributed by atoms with Crippen LogP contribution in [-0.2, 0) is 5.41 Å². The van der Waals surface area contributed by atoms with Gasteiger partial charge < -0.3 is 9.64 Å². The Kier molecular flexibility index (Phi) is 5.43. The highest BCUT2D eigenvalue weighted by Gasteiger charge is 2.30. The maximum absolute atomic E-state index is 13.0. The van der Waals surface area contributed by atoms with Crippen LogP contribution in [0.15, 0.2) is 18.2 Å². The lowest BCUT2D eigenvalue weighted by Gasteiger charge is -2.33. The summed E-state index contributed by atoms with van der Waals surface area (Å²) in [6.07, 6.45) is 0. The molecule has 0 aliphatic heterocycles. The number of hydrogen-bond acceptors (Lipinski definition) is 2. The molecule has 0 unspecified atom stereocenters. The topological polar surface area (TPSA) is 29.5 Å².